The van der Waals surface area contributed by atoms with E-state index in [0.29, 0.717) is 11.3 Å². The SMILES string of the molecule is C=Cc1c(N)ncnc1Oc1ccc(NC(=O)Oc2ccc([N+](=O)[O-])cc2)c(Cl)c1. The van der Waals surface area contributed by atoms with Crippen LogP contribution in [0.3, 0.4) is 0 Å². The zero-order chi connectivity index (χ0) is 21.7. The summed E-state index contributed by atoms with van der Waals surface area (Å²) in [5.74, 6) is 0.892. The van der Waals surface area contributed by atoms with Crippen molar-refractivity contribution >= 4 is 41.0 Å². The lowest BCUT2D eigenvalue weighted by atomic mass is 10.3. The van der Waals surface area contributed by atoms with Crippen LogP contribution in [0.5, 0.6) is 17.4 Å². The van der Waals surface area contributed by atoms with Gasteiger partial charge in [0.25, 0.3) is 5.69 Å². The number of nitro groups is 1. The highest BCUT2D eigenvalue weighted by molar-refractivity contribution is 6.33. The van der Waals surface area contributed by atoms with Gasteiger partial charge in [-0.15, -0.1) is 0 Å². The van der Waals surface area contributed by atoms with Crippen molar-refractivity contribution in [3.05, 3.63) is 76.1 Å². The number of non-ortho nitro benzene ring substituents is 1. The summed E-state index contributed by atoms with van der Waals surface area (Å²) in [5, 5.41) is 13.3. The van der Waals surface area contributed by atoms with Gasteiger partial charge in [-0.2, -0.15) is 0 Å². The maximum absolute atomic E-state index is 12.1. The molecule has 10 nitrogen and oxygen atoms in total. The van der Waals surface area contributed by atoms with Crippen LogP contribution >= 0.6 is 11.6 Å². The Morgan fingerprint density at radius 2 is 1.90 bits per heavy atom. The summed E-state index contributed by atoms with van der Waals surface area (Å²) in [7, 11) is 0. The number of hydrogen-bond acceptors (Lipinski definition) is 8. The number of rotatable bonds is 6. The van der Waals surface area contributed by atoms with Gasteiger partial charge >= 0.3 is 6.09 Å². The summed E-state index contributed by atoms with van der Waals surface area (Å²) in [6.07, 6.45) is 1.90. The summed E-state index contributed by atoms with van der Waals surface area (Å²) < 4.78 is 10.7. The number of nitrogens with zero attached hydrogens (tertiary/aromatic N) is 3. The lowest BCUT2D eigenvalue weighted by Gasteiger charge is -2.11. The molecular weight excluding hydrogens is 414 g/mol. The second kappa shape index (κ2) is 8.88. The molecule has 1 amide bonds. The minimum atomic E-state index is -0.822. The van der Waals surface area contributed by atoms with Crippen molar-refractivity contribution in [2.24, 2.45) is 0 Å². The van der Waals surface area contributed by atoms with Gasteiger partial charge in [0.15, 0.2) is 0 Å². The number of ether oxygens (including phenoxy) is 2. The van der Waals surface area contributed by atoms with E-state index < -0.39 is 11.0 Å². The van der Waals surface area contributed by atoms with Crippen LogP contribution < -0.4 is 20.5 Å². The predicted molar refractivity (Wildman–Crippen MR) is 111 cm³/mol. The van der Waals surface area contributed by atoms with E-state index in [-0.39, 0.29) is 33.8 Å². The molecule has 0 saturated heterocycles. The van der Waals surface area contributed by atoms with Gasteiger partial charge < -0.3 is 15.2 Å². The van der Waals surface area contributed by atoms with Crippen molar-refractivity contribution in [3.8, 4) is 17.4 Å². The fourth-order valence-electron chi connectivity index (χ4n) is 2.32. The van der Waals surface area contributed by atoms with Crippen molar-refractivity contribution < 1.29 is 19.2 Å². The van der Waals surface area contributed by atoms with Crippen molar-refractivity contribution in [1.29, 1.82) is 0 Å². The molecule has 0 bridgehead atoms. The summed E-state index contributed by atoms with van der Waals surface area (Å²) >= 11 is 6.20. The lowest BCUT2D eigenvalue weighted by Crippen LogP contribution is -2.16. The topological polar surface area (TPSA) is 142 Å². The third-order valence-electron chi connectivity index (χ3n) is 3.73. The van der Waals surface area contributed by atoms with Crippen LogP contribution in [-0.2, 0) is 0 Å². The molecule has 11 heteroatoms. The van der Waals surface area contributed by atoms with Crippen molar-refractivity contribution in [2.45, 2.75) is 0 Å². The van der Waals surface area contributed by atoms with Crippen molar-refractivity contribution in [2.75, 3.05) is 11.1 Å². The Morgan fingerprint density at radius 1 is 1.20 bits per heavy atom. The fourth-order valence-corrected chi connectivity index (χ4v) is 2.53. The molecule has 0 atom stereocenters. The number of nitrogens with one attached hydrogen (secondary N) is 1. The highest BCUT2D eigenvalue weighted by Gasteiger charge is 2.13. The Hall–Kier alpha value is -4.18. The fraction of sp³-hybridized carbons (Fsp3) is 0. The molecule has 1 aromatic heterocycles. The minimum absolute atomic E-state index is 0.119. The Morgan fingerprint density at radius 3 is 2.53 bits per heavy atom. The number of amides is 1. The van der Waals surface area contributed by atoms with Gasteiger partial charge in [-0.25, -0.2) is 14.8 Å². The monoisotopic (exact) mass is 427 g/mol. The molecule has 152 valence electrons. The third kappa shape index (κ3) is 4.80. The highest BCUT2D eigenvalue weighted by atomic mass is 35.5. The van der Waals surface area contributed by atoms with Gasteiger partial charge in [-0.05, 0) is 24.3 Å². The smallest absolute Gasteiger partial charge is 0.417 e. The van der Waals surface area contributed by atoms with Gasteiger partial charge in [0.1, 0.15) is 23.6 Å². The number of aromatic nitrogens is 2. The number of nitrogen functional groups attached to an aromatic ring is 1. The van der Waals surface area contributed by atoms with Gasteiger partial charge in [0.05, 0.1) is 21.2 Å². The number of carbonyl (C=O) groups is 1. The molecule has 0 radical (unpaired) electrons. The first-order valence-electron chi connectivity index (χ1n) is 8.31. The van der Waals surface area contributed by atoms with Crippen LogP contribution in [0, 0.1) is 10.1 Å². The third-order valence-corrected chi connectivity index (χ3v) is 4.04. The summed E-state index contributed by atoms with van der Waals surface area (Å²) in [4.78, 5) is 30.0. The molecule has 3 rings (SSSR count). The molecule has 0 fully saturated rings. The van der Waals surface area contributed by atoms with Crippen LogP contribution in [0.4, 0.5) is 22.0 Å². The van der Waals surface area contributed by atoms with E-state index in [1.807, 2.05) is 0 Å². The molecule has 3 N–H and O–H groups in total. The molecule has 0 aliphatic carbocycles. The van der Waals surface area contributed by atoms with Crippen LogP contribution in [0.25, 0.3) is 6.08 Å². The van der Waals surface area contributed by atoms with E-state index in [4.69, 9.17) is 26.8 Å². The standard InChI is InChI=1S/C19H14ClN5O5/c1-2-14-17(21)22-10-23-18(14)29-13-7-8-16(15(20)9-13)24-19(26)30-12-5-3-11(4-6-12)25(27)28/h2-10H,1H2,(H,24,26)(H2,21,22,23). The first-order valence-corrected chi connectivity index (χ1v) is 8.68. The normalized spacial score (nSPS) is 10.2. The Labute approximate surface area is 175 Å². The quantitative estimate of drug-likeness (QED) is 0.426. The first-order chi connectivity index (χ1) is 14.4. The Balaban J connectivity index is 1.68. The zero-order valence-electron chi connectivity index (χ0n) is 15.2. The average Bonchev–Trinajstić information content (AvgIpc) is 2.70. The predicted octanol–water partition coefficient (Wildman–Crippen LogP) is 4.67. The lowest BCUT2D eigenvalue weighted by molar-refractivity contribution is -0.384. The van der Waals surface area contributed by atoms with E-state index in [2.05, 4.69) is 21.9 Å². The van der Waals surface area contributed by atoms with Gasteiger partial charge in [-0.3, -0.25) is 15.4 Å². The van der Waals surface area contributed by atoms with Crippen LogP contribution in [0.2, 0.25) is 5.02 Å². The Bertz CT molecular complexity index is 1120. The number of hydrogen-bond donors (Lipinski definition) is 2. The Kier molecular flexibility index (Phi) is 6.08. The highest BCUT2D eigenvalue weighted by Crippen LogP contribution is 2.31. The largest absolute Gasteiger partial charge is 0.438 e. The van der Waals surface area contributed by atoms with E-state index in [1.54, 1.807) is 6.07 Å². The molecule has 0 saturated carbocycles. The van der Waals surface area contributed by atoms with E-state index in [1.165, 1.54) is 48.8 Å². The maximum Gasteiger partial charge on any atom is 0.417 e. The second-order valence-corrected chi connectivity index (χ2v) is 6.10. The summed E-state index contributed by atoms with van der Waals surface area (Å²) in [6, 6.07) is 9.58. The van der Waals surface area contributed by atoms with Gasteiger partial charge in [0.2, 0.25) is 5.88 Å². The van der Waals surface area contributed by atoms with E-state index >= 15 is 0 Å². The number of anilines is 2. The van der Waals surface area contributed by atoms with Gasteiger partial charge in [0, 0.05) is 18.2 Å². The van der Waals surface area contributed by atoms with Crippen LogP contribution in [-0.4, -0.2) is 21.0 Å². The number of halogens is 1. The molecule has 0 aliphatic heterocycles. The second-order valence-electron chi connectivity index (χ2n) is 5.69. The molecule has 1 heterocycles. The molecule has 3 aromatic rings. The van der Waals surface area contributed by atoms with Gasteiger partial charge in [-0.1, -0.05) is 24.3 Å². The zero-order valence-corrected chi connectivity index (χ0v) is 16.0. The van der Waals surface area contributed by atoms with Crippen molar-refractivity contribution in [3.63, 3.8) is 0 Å². The first kappa shape index (κ1) is 20.6. The van der Waals surface area contributed by atoms with Crippen molar-refractivity contribution in [1.82, 2.24) is 9.97 Å². The number of benzene rings is 2. The molecule has 0 unspecified atom stereocenters. The number of carbonyl (C=O) groups excluding carboxylic acids is 1. The van der Waals surface area contributed by atoms with Crippen LogP contribution in [0.15, 0.2) is 55.4 Å². The van der Waals surface area contributed by atoms with E-state index in [9.17, 15) is 14.9 Å². The minimum Gasteiger partial charge on any atom is -0.438 e. The molecule has 0 aliphatic rings. The molecule has 2 aromatic carbocycles. The molecule has 30 heavy (non-hydrogen) atoms. The summed E-state index contributed by atoms with van der Waals surface area (Å²) in [6.45, 7) is 3.65. The number of nitrogens with two attached hydrogens (primary N) is 1. The van der Waals surface area contributed by atoms with E-state index in [0.717, 1.165) is 0 Å². The summed E-state index contributed by atoms with van der Waals surface area (Å²) in [5.41, 5.74) is 6.34. The average molecular weight is 428 g/mol. The molecular formula is C19H14ClN5O5. The number of nitro benzene ring substituents is 1. The molecule has 0 spiro atoms. The maximum atomic E-state index is 12.1. The van der Waals surface area contributed by atoms with Crippen LogP contribution in [0.1, 0.15) is 5.56 Å².